The van der Waals surface area contributed by atoms with Gasteiger partial charge in [0.15, 0.2) is 5.13 Å². The van der Waals surface area contributed by atoms with E-state index < -0.39 is 0 Å². The molecule has 3 aromatic rings. The van der Waals surface area contributed by atoms with Crippen LogP contribution in [-0.2, 0) is 0 Å². The Labute approximate surface area is 181 Å². The Morgan fingerprint density at radius 1 is 1.13 bits per heavy atom. The first-order chi connectivity index (χ1) is 14.5. The van der Waals surface area contributed by atoms with Gasteiger partial charge in [0.25, 0.3) is 5.91 Å². The maximum absolute atomic E-state index is 13.6. The van der Waals surface area contributed by atoms with E-state index in [1.54, 1.807) is 23.1 Å². The van der Waals surface area contributed by atoms with Gasteiger partial charge >= 0.3 is 0 Å². The minimum absolute atomic E-state index is 0.143. The number of ether oxygens (including phenoxy) is 1. The SMILES string of the molecule is CCCCCOc1cccc(C(=O)N(CCN(C)C)c2nc3ccc(F)cc3s2)c1. The van der Waals surface area contributed by atoms with Gasteiger partial charge in [-0.25, -0.2) is 9.37 Å². The Morgan fingerprint density at radius 2 is 1.97 bits per heavy atom. The first kappa shape index (κ1) is 22.2. The van der Waals surface area contributed by atoms with Gasteiger partial charge in [-0.05, 0) is 56.9 Å². The highest BCUT2D eigenvalue weighted by atomic mass is 32.1. The normalized spacial score (nSPS) is 11.2. The molecule has 0 N–H and O–H groups in total. The molecule has 2 aromatic carbocycles. The first-order valence-electron chi connectivity index (χ1n) is 10.2. The summed E-state index contributed by atoms with van der Waals surface area (Å²) in [6, 6.07) is 11.8. The summed E-state index contributed by atoms with van der Waals surface area (Å²) in [5, 5.41) is 0.566. The molecule has 0 aliphatic carbocycles. The van der Waals surface area contributed by atoms with E-state index in [4.69, 9.17) is 4.74 Å². The van der Waals surface area contributed by atoms with Crippen LogP contribution in [-0.4, -0.2) is 49.6 Å². The number of hydrogen-bond donors (Lipinski definition) is 0. The van der Waals surface area contributed by atoms with Crippen molar-refractivity contribution in [2.24, 2.45) is 0 Å². The van der Waals surface area contributed by atoms with Crippen LogP contribution in [0.5, 0.6) is 5.75 Å². The Bertz CT molecular complexity index is 989. The van der Waals surface area contributed by atoms with Crippen LogP contribution in [0.3, 0.4) is 0 Å². The van der Waals surface area contributed by atoms with Gasteiger partial charge in [0, 0.05) is 18.7 Å². The van der Waals surface area contributed by atoms with E-state index in [1.807, 2.05) is 31.1 Å². The zero-order chi connectivity index (χ0) is 21.5. The number of carbonyl (C=O) groups is 1. The summed E-state index contributed by atoms with van der Waals surface area (Å²) in [5.41, 5.74) is 1.24. The van der Waals surface area contributed by atoms with E-state index in [1.165, 1.54) is 23.5 Å². The number of halogens is 1. The molecule has 1 amide bonds. The minimum atomic E-state index is -0.309. The Hall–Kier alpha value is -2.51. The highest BCUT2D eigenvalue weighted by Gasteiger charge is 2.22. The average Bonchev–Trinajstić information content (AvgIpc) is 3.14. The second kappa shape index (κ2) is 10.5. The standard InChI is InChI=1S/C23H28FN3O2S/c1-4-5-6-14-29-19-9-7-8-17(15-19)22(28)27(13-12-26(2)3)23-25-20-11-10-18(24)16-21(20)30-23/h7-11,15-16H,4-6,12-14H2,1-3H3. The number of thiazole rings is 1. The molecule has 0 fully saturated rings. The molecule has 160 valence electrons. The number of nitrogens with zero attached hydrogens (tertiary/aromatic N) is 3. The fraction of sp³-hybridized carbons (Fsp3) is 0.391. The molecule has 3 rings (SSSR count). The van der Waals surface area contributed by atoms with Gasteiger partial charge in [0.2, 0.25) is 0 Å². The number of hydrogen-bond acceptors (Lipinski definition) is 5. The van der Waals surface area contributed by atoms with Gasteiger partial charge in [0.1, 0.15) is 11.6 Å². The molecule has 30 heavy (non-hydrogen) atoms. The molecule has 0 saturated heterocycles. The number of rotatable bonds is 10. The van der Waals surface area contributed by atoms with Crippen molar-refractivity contribution in [3.63, 3.8) is 0 Å². The summed E-state index contributed by atoms with van der Waals surface area (Å²) in [7, 11) is 3.92. The van der Waals surface area contributed by atoms with Crippen LogP contribution in [0.4, 0.5) is 9.52 Å². The van der Waals surface area contributed by atoms with E-state index >= 15 is 0 Å². The average molecular weight is 430 g/mol. The van der Waals surface area contributed by atoms with Crippen molar-refractivity contribution in [3.05, 3.63) is 53.8 Å². The molecular weight excluding hydrogens is 401 g/mol. The van der Waals surface area contributed by atoms with Gasteiger partial charge in [0.05, 0.1) is 16.8 Å². The zero-order valence-electron chi connectivity index (χ0n) is 17.7. The fourth-order valence-electron chi connectivity index (χ4n) is 3.00. The van der Waals surface area contributed by atoms with Crippen LogP contribution in [0.2, 0.25) is 0 Å². The second-order valence-corrected chi connectivity index (χ2v) is 8.46. The first-order valence-corrected chi connectivity index (χ1v) is 11.0. The van der Waals surface area contributed by atoms with Crippen molar-refractivity contribution in [1.82, 2.24) is 9.88 Å². The highest BCUT2D eigenvalue weighted by Crippen LogP contribution is 2.30. The molecular formula is C23H28FN3O2S. The van der Waals surface area contributed by atoms with E-state index in [0.717, 1.165) is 24.0 Å². The molecule has 0 saturated carbocycles. The molecule has 0 unspecified atom stereocenters. The number of anilines is 1. The Morgan fingerprint density at radius 3 is 2.73 bits per heavy atom. The van der Waals surface area contributed by atoms with Crippen molar-refractivity contribution < 1.29 is 13.9 Å². The lowest BCUT2D eigenvalue weighted by molar-refractivity contribution is 0.0984. The summed E-state index contributed by atoms with van der Waals surface area (Å²) in [6.45, 7) is 3.95. The third-order valence-electron chi connectivity index (χ3n) is 4.68. The Kier molecular flexibility index (Phi) is 7.76. The van der Waals surface area contributed by atoms with Crippen molar-refractivity contribution in [2.45, 2.75) is 26.2 Å². The van der Waals surface area contributed by atoms with Gasteiger partial charge in [-0.15, -0.1) is 0 Å². The quantitative estimate of drug-likeness (QED) is 0.415. The van der Waals surface area contributed by atoms with E-state index in [-0.39, 0.29) is 11.7 Å². The summed E-state index contributed by atoms with van der Waals surface area (Å²) in [6.07, 6.45) is 3.25. The van der Waals surface area contributed by atoms with Crippen LogP contribution < -0.4 is 9.64 Å². The largest absolute Gasteiger partial charge is 0.494 e. The predicted molar refractivity (Wildman–Crippen MR) is 121 cm³/mol. The van der Waals surface area contributed by atoms with Crippen LogP contribution >= 0.6 is 11.3 Å². The second-order valence-electron chi connectivity index (χ2n) is 7.45. The molecule has 1 aromatic heterocycles. The molecule has 0 bridgehead atoms. The number of amides is 1. The Balaban J connectivity index is 1.84. The smallest absolute Gasteiger partial charge is 0.260 e. The van der Waals surface area contributed by atoms with Crippen LogP contribution in [0.15, 0.2) is 42.5 Å². The summed E-state index contributed by atoms with van der Waals surface area (Å²) in [4.78, 5) is 21.6. The number of aromatic nitrogens is 1. The van der Waals surface area contributed by atoms with Crippen LogP contribution in [0.1, 0.15) is 36.5 Å². The van der Waals surface area contributed by atoms with Gasteiger partial charge < -0.3 is 9.64 Å². The third-order valence-corrected chi connectivity index (χ3v) is 5.72. The van der Waals surface area contributed by atoms with Crippen molar-refractivity contribution in [1.29, 1.82) is 0 Å². The van der Waals surface area contributed by atoms with Crippen molar-refractivity contribution in [3.8, 4) is 5.75 Å². The molecule has 1 heterocycles. The monoisotopic (exact) mass is 429 g/mol. The van der Waals surface area contributed by atoms with Gasteiger partial charge in [-0.1, -0.05) is 37.2 Å². The molecule has 0 radical (unpaired) electrons. The number of fused-ring (bicyclic) bond motifs is 1. The summed E-state index contributed by atoms with van der Waals surface area (Å²) >= 11 is 1.32. The number of likely N-dealkylation sites (N-methyl/N-ethyl adjacent to an activating group) is 1. The lowest BCUT2D eigenvalue weighted by Gasteiger charge is -2.22. The number of carbonyl (C=O) groups excluding carboxylic acids is 1. The molecule has 0 aliphatic heterocycles. The summed E-state index contributed by atoms with van der Waals surface area (Å²) < 4.78 is 20.1. The van der Waals surface area contributed by atoms with Crippen LogP contribution in [0.25, 0.3) is 10.2 Å². The van der Waals surface area contributed by atoms with Gasteiger partial charge in [-0.3, -0.25) is 9.69 Å². The van der Waals surface area contributed by atoms with Crippen molar-refractivity contribution >= 4 is 32.6 Å². The minimum Gasteiger partial charge on any atom is -0.494 e. The molecule has 0 spiro atoms. The third kappa shape index (κ3) is 5.77. The van der Waals surface area contributed by atoms with E-state index in [9.17, 15) is 9.18 Å². The lowest BCUT2D eigenvalue weighted by atomic mass is 10.2. The van der Waals surface area contributed by atoms with Crippen molar-refractivity contribution in [2.75, 3.05) is 38.7 Å². The highest BCUT2D eigenvalue weighted by molar-refractivity contribution is 7.22. The number of unbranched alkanes of at least 4 members (excludes halogenated alkanes) is 2. The molecule has 0 atom stereocenters. The molecule has 0 aliphatic rings. The lowest BCUT2D eigenvalue weighted by Crippen LogP contribution is -2.36. The zero-order valence-corrected chi connectivity index (χ0v) is 18.5. The predicted octanol–water partition coefficient (Wildman–Crippen LogP) is 5.21. The van der Waals surface area contributed by atoms with Gasteiger partial charge in [-0.2, -0.15) is 0 Å². The molecule has 7 heteroatoms. The fourth-order valence-corrected chi connectivity index (χ4v) is 4.02. The maximum atomic E-state index is 13.6. The van der Waals surface area contributed by atoms with E-state index in [2.05, 4.69) is 11.9 Å². The maximum Gasteiger partial charge on any atom is 0.260 e. The topological polar surface area (TPSA) is 45.7 Å². The molecule has 5 nitrogen and oxygen atoms in total. The van der Waals surface area contributed by atoms with E-state index in [0.29, 0.717) is 41.7 Å². The summed E-state index contributed by atoms with van der Waals surface area (Å²) in [5.74, 6) is 0.239. The van der Waals surface area contributed by atoms with Crippen LogP contribution in [0, 0.1) is 5.82 Å². The number of benzene rings is 2.